The van der Waals surface area contributed by atoms with E-state index in [9.17, 15) is 4.79 Å². The first-order valence-corrected chi connectivity index (χ1v) is 10.3. The summed E-state index contributed by atoms with van der Waals surface area (Å²) in [5, 5.41) is 0. The summed E-state index contributed by atoms with van der Waals surface area (Å²) in [7, 11) is -0.825. The zero-order valence-electron chi connectivity index (χ0n) is 15.3. The van der Waals surface area contributed by atoms with E-state index in [0.29, 0.717) is 52.2 Å². The van der Waals surface area contributed by atoms with Crippen molar-refractivity contribution in [3.8, 4) is 0 Å². The maximum atomic E-state index is 11.7. The molecule has 138 valence electrons. The molecule has 0 amide bonds. The molecule has 0 aliphatic carbocycles. The molecule has 0 fully saturated rings. The second-order valence-corrected chi connectivity index (χ2v) is 7.67. The average Bonchev–Trinajstić information content (AvgIpc) is 2.50. The van der Waals surface area contributed by atoms with Gasteiger partial charge in [0.1, 0.15) is 0 Å². The van der Waals surface area contributed by atoms with Gasteiger partial charge >= 0.3 is 14.8 Å². The van der Waals surface area contributed by atoms with Gasteiger partial charge in [0, 0.05) is 32.5 Å². The molecule has 0 atom stereocenters. The molecule has 0 radical (unpaired) electrons. The predicted molar refractivity (Wildman–Crippen MR) is 90.1 cm³/mol. The first-order chi connectivity index (χ1) is 11.0. The molecule has 0 unspecified atom stereocenters. The topological polar surface area (TPSA) is 66.5 Å². The van der Waals surface area contributed by atoms with E-state index in [1.54, 1.807) is 4.90 Å². The Bertz CT molecular complexity index is 289. The summed E-state index contributed by atoms with van der Waals surface area (Å²) in [6, 6.07) is 0.643. The minimum Gasteiger partial charge on any atom is -0.465 e. The first kappa shape index (κ1) is 22.5. The molecule has 0 saturated heterocycles. The zero-order valence-corrected chi connectivity index (χ0v) is 16.3. The lowest BCUT2D eigenvalue weighted by atomic mass is 10.5. The summed E-state index contributed by atoms with van der Waals surface area (Å²) in [4.78, 5) is 13.5. The third kappa shape index (κ3) is 10.8. The summed E-state index contributed by atoms with van der Waals surface area (Å²) >= 11 is 0. The minimum atomic E-state index is -2.64. The fraction of sp³-hybridized carbons (Fsp3) is 0.933. The van der Waals surface area contributed by atoms with Gasteiger partial charge in [0.25, 0.3) is 0 Å². The Morgan fingerprint density at radius 1 is 0.957 bits per heavy atom. The van der Waals surface area contributed by atoms with E-state index in [0.717, 1.165) is 0 Å². The molecule has 0 heterocycles. The fourth-order valence-electron chi connectivity index (χ4n) is 2.03. The number of hydrogen-bond acceptors (Lipinski definition) is 7. The van der Waals surface area contributed by atoms with Crippen molar-refractivity contribution in [2.24, 2.45) is 0 Å². The van der Waals surface area contributed by atoms with Gasteiger partial charge in [-0.2, -0.15) is 0 Å². The fourth-order valence-corrected chi connectivity index (χ4v) is 4.61. The molecular weight excluding hydrogens is 318 g/mol. The van der Waals surface area contributed by atoms with Crippen LogP contribution in [0.4, 0.5) is 0 Å². The number of likely N-dealkylation sites (N-methyl/N-ethyl adjacent to an activating group) is 1. The second kappa shape index (κ2) is 13.9. The van der Waals surface area contributed by atoms with Crippen LogP contribution < -0.4 is 0 Å². The Hall–Kier alpha value is -0.513. The van der Waals surface area contributed by atoms with Gasteiger partial charge < -0.3 is 22.8 Å². The lowest BCUT2D eigenvalue weighted by Crippen LogP contribution is -2.46. The highest BCUT2D eigenvalue weighted by Gasteiger charge is 2.39. The Balaban J connectivity index is 4.10. The van der Waals surface area contributed by atoms with E-state index in [-0.39, 0.29) is 12.5 Å². The third-order valence-corrected chi connectivity index (χ3v) is 6.05. The van der Waals surface area contributed by atoms with E-state index < -0.39 is 8.80 Å². The maximum Gasteiger partial charge on any atom is 0.501 e. The molecule has 7 nitrogen and oxygen atoms in total. The van der Waals surface area contributed by atoms with Crippen LogP contribution in [0.2, 0.25) is 6.04 Å². The number of rotatable bonds is 15. The normalized spacial score (nSPS) is 11.9. The predicted octanol–water partition coefficient (Wildman–Crippen LogP) is 1.89. The highest BCUT2D eigenvalue weighted by Crippen LogP contribution is 2.18. The maximum absolute atomic E-state index is 11.7. The first-order valence-electron chi connectivity index (χ1n) is 8.37. The summed E-state index contributed by atoms with van der Waals surface area (Å²) in [5.74, 6) is -0.260. The van der Waals surface area contributed by atoms with Gasteiger partial charge in [0.2, 0.25) is 0 Å². The molecule has 0 aromatic rings. The summed E-state index contributed by atoms with van der Waals surface area (Å²) in [6.45, 7) is 10.9. The number of nitrogens with zero attached hydrogens (tertiary/aromatic N) is 1. The van der Waals surface area contributed by atoms with Crippen LogP contribution in [0.5, 0.6) is 0 Å². The van der Waals surface area contributed by atoms with E-state index in [1.165, 1.54) is 0 Å². The van der Waals surface area contributed by atoms with Crippen molar-refractivity contribution in [1.29, 1.82) is 0 Å². The Morgan fingerprint density at radius 3 is 2.00 bits per heavy atom. The summed E-state index contributed by atoms with van der Waals surface area (Å²) in [6.07, 6.45) is 0.660. The molecule has 0 aliphatic rings. The highest BCUT2D eigenvalue weighted by atomic mass is 28.4. The Kier molecular flexibility index (Phi) is 13.6. The molecule has 0 aliphatic heterocycles. The van der Waals surface area contributed by atoms with Gasteiger partial charge in [-0.25, -0.2) is 0 Å². The van der Waals surface area contributed by atoms with Gasteiger partial charge in [-0.15, -0.1) is 0 Å². The molecule has 0 aromatic carbocycles. The van der Waals surface area contributed by atoms with Gasteiger partial charge in [0.15, 0.2) is 0 Å². The third-order valence-electron chi connectivity index (χ3n) is 2.90. The molecule has 0 N–H and O–H groups in total. The number of ether oxygens (including phenoxy) is 2. The zero-order chi connectivity index (χ0) is 17.6. The van der Waals surface area contributed by atoms with Crippen molar-refractivity contribution in [2.45, 2.75) is 40.2 Å². The van der Waals surface area contributed by atoms with Crippen LogP contribution in [0.15, 0.2) is 0 Å². The lowest BCUT2D eigenvalue weighted by Gasteiger charge is -2.28. The standard InChI is InChI=1S/C15H33NO6Si/c1-6-18-14-16(5)13-15(17)19-11-10-12-23(20-7-2,21-8-3)22-9-4/h6-14H2,1-5H3. The van der Waals surface area contributed by atoms with E-state index in [2.05, 4.69) is 0 Å². The van der Waals surface area contributed by atoms with Crippen molar-refractivity contribution >= 4 is 14.8 Å². The molecule has 0 aromatic heterocycles. The molecule has 23 heavy (non-hydrogen) atoms. The van der Waals surface area contributed by atoms with Gasteiger partial charge in [0.05, 0.1) is 19.9 Å². The average molecular weight is 352 g/mol. The van der Waals surface area contributed by atoms with Crippen LogP contribution in [0, 0.1) is 0 Å². The van der Waals surface area contributed by atoms with Gasteiger partial charge in [-0.05, 0) is 41.2 Å². The number of esters is 1. The molecular formula is C15H33NO6Si. The summed E-state index contributed by atoms with van der Waals surface area (Å²) in [5.41, 5.74) is 0. The Morgan fingerprint density at radius 2 is 1.52 bits per heavy atom. The minimum absolute atomic E-state index is 0.213. The van der Waals surface area contributed by atoms with Gasteiger partial charge in [-0.3, -0.25) is 9.69 Å². The van der Waals surface area contributed by atoms with Crippen LogP contribution in [-0.2, 0) is 27.5 Å². The van der Waals surface area contributed by atoms with E-state index in [4.69, 9.17) is 22.8 Å². The van der Waals surface area contributed by atoms with Crippen LogP contribution in [0.1, 0.15) is 34.1 Å². The molecule has 8 heteroatoms. The quantitative estimate of drug-likeness (QED) is 0.193. The van der Waals surface area contributed by atoms with Gasteiger partial charge in [-0.1, -0.05) is 0 Å². The largest absolute Gasteiger partial charge is 0.501 e. The molecule has 0 spiro atoms. The van der Waals surface area contributed by atoms with Crippen molar-refractivity contribution in [1.82, 2.24) is 4.90 Å². The van der Waals surface area contributed by atoms with Crippen molar-refractivity contribution < 1.29 is 27.5 Å². The van der Waals surface area contributed by atoms with Crippen LogP contribution >= 0.6 is 0 Å². The number of carbonyl (C=O) groups is 1. The number of carbonyl (C=O) groups excluding carboxylic acids is 1. The Labute approximate surface area is 141 Å². The van der Waals surface area contributed by atoms with Crippen molar-refractivity contribution in [3.05, 3.63) is 0 Å². The highest BCUT2D eigenvalue weighted by molar-refractivity contribution is 6.60. The lowest BCUT2D eigenvalue weighted by molar-refractivity contribution is -0.146. The molecule has 0 rings (SSSR count). The molecule has 0 saturated carbocycles. The van der Waals surface area contributed by atoms with E-state index >= 15 is 0 Å². The molecule has 0 bridgehead atoms. The van der Waals surface area contributed by atoms with E-state index in [1.807, 2.05) is 34.7 Å². The monoisotopic (exact) mass is 351 g/mol. The van der Waals surface area contributed by atoms with Crippen LogP contribution in [-0.4, -0.2) is 73.0 Å². The van der Waals surface area contributed by atoms with Crippen molar-refractivity contribution in [2.75, 3.05) is 53.4 Å². The summed E-state index contributed by atoms with van der Waals surface area (Å²) < 4.78 is 27.7. The number of hydrogen-bond donors (Lipinski definition) is 0. The SMILES string of the molecule is CCOCN(C)CC(=O)OCCC[Si](OCC)(OCC)OCC. The smallest absolute Gasteiger partial charge is 0.465 e. The van der Waals surface area contributed by atoms with Crippen LogP contribution in [0.3, 0.4) is 0 Å². The van der Waals surface area contributed by atoms with Crippen LogP contribution in [0.25, 0.3) is 0 Å². The second-order valence-electron chi connectivity index (χ2n) is 4.94. The van der Waals surface area contributed by atoms with Crippen molar-refractivity contribution in [3.63, 3.8) is 0 Å².